The van der Waals surface area contributed by atoms with E-state index in [1.54, 1.807) is 18.7 Å². The third kappa shape index (κ3) is 5.20. The van der Waals surface area contributed by atoms with Gasteiger partial charge in [0.05, 0.1) is 5.69 Å². The average molecular weight is 424 g/mol. The number of aromatic nitrogens is 1. The van der Waals surface area contributed by atoms with Crippen LogP contribution in [0.15, 0.2) is 33.7 Å². The van der Waals surface area contributed by atoms with Crippen molar-refractivity contribution in [1.29, 1.82) is 0 Å². The summed E-state index contributed by atoms with van der Waals surface area (Å²) < 4.78 is 46.2. The second kappa shape index (κ2) is 8.60. The fourth-order valence-electron chi connectivity index (χ4n) is 3.23. The molecule has 1 amide bonds. The molecule has 1 N–H and O–H groups in total. The van der Waals surface area contributed by atoms with Gasteiger partial charge in [-0.3, -0.25) is 9.69 Å². The molecule has 10 heteroatoms. The maximum Gasteiger partial charge on any atom is 0.253 e. The fraction of sp³-hybridized carbons (Fsp3) is 0.474. The van der Waals surface area contributed by atoms with Crippen molar-refractivity contribution < 1.29 is 22.1 Å². The molecule has 1 fully saturated rings. The Bertz CT molecular complexity index is 982. The summed E-state index contributed by atoms with van der Waals surface area (Å²) in [5.41, 5.74) is 0.990. The highest BCUT2D eigenvalue weighted by molar-refractivity contribution is 7.89. The van der Waals surface area contributed by atoms with Gasteiger partial charge in [-0.2, -0.15) is 0 Å². The number of carbonyl (C=O) groups is 1. The van der Waals surface area contributed by atoms with E-state index in [1.807, 2.05) is 13.0 Å². The molecule has 2 heterocycles. The van der Waals surface area contributed by atoms with E-state index in [1.165, 1.54) is 6.07 Å². The molecule has 0 spiro atoms. The van der Waals surface area contributed by atoms with E-state index in [-0.39, 0.29) is 17.5 Å². The summed E-state index contributed by atoms with van der Waals surface area (Å²) in [5.74, 6) is -0.451. The minimum Gasteiger partial charge on any atom is -0.361 e. The van der Waals surface area contributed by atoms with Gasteiger partial charge in [0.1, 0.15) is 16.5 Å². The minimum atomic E-state index is -4.04. The first-order valence-electron chi connectivity index (χ1n) is 9.41. The number of benzene rings is 1. The van der Waals surface area contributed by atoms with Crippen molar-refractivity contribution in [3.8, 4) is 0 Å². The first-order chi connectivity index (χ1) is 13.7. The number of hydrogen-bond donors (Lipinski definition) is 1. The molecule has 1 aromatic heterocycles. The first kappa shape index (κ1) is 21.4. The lowest BCUT2D eigenvalue weighted by molar-refractivity contribution is 0.0625. The maximum atomic E-state index is 14.1. The molecule has 2 aromatic rings. The number of nitrogens with zero attached hydrogens (tertiary/aromatic N) is 3. The summed E-state index contributed by atoms with van der Waals surface area (Å²) in [6.45, 7) is 8.03. The lowest BCUT2D eigenvalue weighted by atomic mass is 10.1. The average Bonchev–Trinajstić information content (AvgIpc) is 3.05. The monoisotopic (exact) mass is 424 g/mol. The molecule has 0 atom stereocenters. The van der Waals surface area contributed by atoms with Crippen LogP contribution >= 0.6 is 0 Å². The molecule has 29 heavy (non-hydrogen) atoms. The largest absolute Gasteiger partial charge is 0.361 e. The summed E-state index contributed by atoms with van der Waals surface area (Å²) in [6.07, 6.45) is 0. The van der Waals surface area contributed by atoms with Crippen LogP contribution in [0.25, 0.3) is 0 Å². The van der Waals surface area contributed by atoms with Gasteiger partial charge in [0, 0.05) is 50.4 Å². The number of carbonyl (C=O) groups excluding carboxylic acids is 1. The predicted octanol–water partition coefficient (Wildman–Crippen LogP) is 1.77. The Balaban J connectivity index is 1.67. The smallest absolute Gasteiger partial charge is 0.253 e. The van der Waals surface area contributed by atoms with Gasteiger partial charge in [-0.1, -0.05) is 5.16 Å². The van der Waals surface area contributed by atoms with Crippen LogP contribution in [-0.2, 0) is 16.6 Å². The molecule has 1 aromatic carbocycles. The van der Waals surface area contributed by atoms with Crippen molar-refractivity contribution in [1.82, 2.24) is 19.7 Å². The fourth-order valence-corrected chi connectivity index (χ4v) is 4.58. The van der Waals surface area contributed by atoms with Crippen LogP contribution in [0.4, 0.5) is 4.39 Å². The van der Waals surface area contributed by atoms with E-state index < -0.39 is 20.7 Å². The lowest BCUT2D eigenvalue weighted by Gasteiger charge is -2.34. The van der Waals surface area contributed by atoms with Gasteiger partial charge in [0.15, 0.2) is 0 Å². The van der Waals surface area contributed by atoms with Crippen molar-refractivity contribution >= 4 is 15.9 Å². The topological polar surface area (TPSA) is 95.8 Å². The standard InChI is InChI=1S/C19H25FN4O4S/c1-13(2)22-29(26,27)18-11-15(4-5-17(18)20)19(25)24-8-6-23(7-9-24)12-16-10-14(3)28-21-16/h4-5,10-11,13,22H,6-9,12H2,1-3H3. The predicted molar refractivity (Wildman–Crippen MR) is 104 cm³/mol. The number of rotatable bonds is 6. The molecular formula is C19H25FN4O4S. The number of piperazine rings is 1. The molecule has 0 bridgehead atoms. The number of sulfonamides is 1. The molecule has 0 saturated carbocycles. The highest BCUT2D eigenvalue weighted by Crippen LogP contribution is 2.19. The van der Waals surface area contributed by atoms with E-state index >= 15 is 0 Å². The zero-order valence-corrected chi connectivity index (χ0v) is 17.5. The number of nitrogens with one attached hydrogen (secondary N) is 1. The van der Waals surface area contributed by atoms with Gasteiger partial charge in [-0.15, -0.1) is 0 Å². The summed E-state index contributed by atoms with van der Waals surface area (Å²) in [4.78, 5) is 16.1. The second-order valence-electron chi connectivity index (χ2n) is 7.42. The normalized spacial score (nSPS) is 15.8. The Morgan fingerprint density at radius 2 is 1.93 bits per heavy atom. The molecule has 8 nitrogen and oxygen atoms in total. The number of hydrogen-bond acceptors (Lipinski definition) is 6. The quantitative estimate of drug-likeness (QED) is 0.759. The first-order valence-corrected chi connectivity index (χ1v) is 10.9. The van der Waals surface area contributed by atoms with Crippen LogP contribution < -0.4 is 4.72 Å². The van der Waals surface area contributed by atoms with Gasteiger partial charge in [0.2, 0.25) is 10.0 Å². The van der Waals surface area contributed by atoms with Gasteiger partial charge >= 0.3 is 0 Å². The highest BCUT2D eigenvalue weighted by Gasteiger charge is 2.26. The van der Waals surface area contributed by atoms with Gasteiger partial charge in [-0.25, -0.2) is 17.5 Å². The van der Waals surface area contributed by atoms with E-state index in [9.17, 15) is 17.6 Å². The van der Waals surface area contributed by atoms with Crippen LogP contribution in [0.1, 0.15) is 35.7 Å². The van der Waals surface area contributed by atoms with Crippen LogP contribution in [-0.4, -0.2) is 61.5 Å². The van der Waals surface area contributed by atoms with Gasteiger partial charge in [0.25, 0.3) is 5.91 Å². The molecule has 1 aliphatic heterocycles. The molecule has 0 radical (unpaired) electrons. The van der Waals surface area contributed by atoms with Crippen molar-refractivity contribution in [3.63, 3.8) is 0 Å². The second-order valence-corrected chi connectivity index (χ2v) is 9.10. The molecule has 0 unspecified atom stereocenters. The Labute approximate surface area is 169 Å². The van der Waals surface area contributed by atoms with E-state index in [2.05, 4.69) is 14.8 Å². The van der Waals surface area contributed by atoms with Crippen molar-refractivity contribution in [2.24, 2.45) is 0 Å². The van der Waals surface area contributed by atoms with E-state index in [0.717, 1.165) is 23.6 Å². The number of amides is 1. The maximum absolute atomic E-state index is 14.1. The minimum absolute atomic E-state index is 0.149. The van der Waals surface area contributed by atoms with Crippen LogP contribution in [0.3, 0.4) is 0 Å². The van der Waals surface area contributed by atoms with Crippen LogP contribution in [0.5, 0.6) is 0 Å². The Morgan fingerprint density at radius 3 is 2.52 bits per heavy atom. The Morgan fingerprint density at radius 1 is 1.24 bits per heavy atom. The van der Waals surface area contributed by atoms with E-state index in [0.29, 0.717) is 32.7 Å². The third-order valence-electron chi connectivity index (χ3n) is 4.58. The Hall–Kier alpha value is -2.30. The van der Waals surface area contributed by atoms with Gasteiger partial charge < -0.3 is 9.42 Å². The summed E-state index contributed by atoms with van der Waals surface area (Å²) in [7, 11) is -4.04. The SMILES string of the molecule is Cc1cc(CN2CCN(C(=O)c3ccc(F)c(S(=O)(=O)NC(C)C)c3)CC2)no1. The molecule has 1 aliphatic rings. The van der Waals surface area contributed by atoms with Gasteiger partial charge in [-0.05, 0) is 39.0 Å². The number of aryl methyl sites for hydroxylation is 1. The third-order valence-corrected chi connectivity index (χ3v) is 6.25. The number of halogens is 1. The van der Waals surface area contributed by atoms with Crippen molar-refractivity contribution in [2.45, 2.75) is 38.3 Å². The van der Waals surface area contributed by atoms with E-state index in [4.69, 9.17) is 4.52 Å². The Kier molecular flexibility index (Phi) is 6.35. The van der Waals surface area contributed by atoms with Crippen molar-refractivity contribution in [3.05, 3.63) is 47.1 Å². The molecule has 158 valence electrons. The zero-order valence-electron chi connectivity index (χ0n) is 16.7. The highest BCUT2D eigenvalue weighted by atomic mass is 32.2. The summed E-state index contributed by atoms with van der Waals surface area (Å²) >= 11 is 0. The zero-order chi connectivity index (χ0) is 21.2. The van der Waals surface area contributed by atoms with Crippen LogP contribution in [0.2, 0.25) is 0 Å². The summed E-state index contributed by atoms with van der Waals surface area (Å²) in [6, 6.07) is 4.93. The molecule has 0 aliphatic carbocycles. The molecule has 1 saturated heterocycles. The lowest BCUT2D eigenvalue weighted by Crippen LogP contribution is -2.48. The van der Waals surface area contributed by atoms with Crippen LogP contribution in [0, 0.1) is 12.7 Å². The molecular weight excluding hydrogens is 399 g/mol. The molecule has 3 rings (SSSR count). The van der Waals surface area contributed by atoms with Crippen molar-refractivity contribution in [2.75, 3.05) is 26.2 Å². The summed E-state index contributed by atoms with van der Waals surface area (Å²) in [5, 5.41) is 3.98.